The van der Waals surface area contributed by atoms with Crippen molar-refractivity contribution in [3.63, 3.8) is 0 Å². The molecule has 4 heteroatoms. The Morgan fingerprint density at radius 2 is 1.16 bits per heavy atom. The Hall–Kier alpha value is -3.40. The van der Waals surface area contributed by atoms with Crippen LogP contribution in [-0.2, 0) is 4.74 Å². The largest absolute Gasteiger partial charge is 0.465 e. The first-order valence-corrected chi connectivity index (χ1v) is 7.73. The van der Waals surface area contributed by atoms with Crippen molar-refractivity contribution in [3.05, 3.63) is 90.0 Å². The second kappa shape index (κ2) is 7.45. The second-order valence-corrected chi connectivity index (χ2v) is 5.35. The molecule has 0 fully saturated rings. The summed E-state index contributed by atoms with van der Waals surface area (Å²) in [7, 11) is 1.35. The molecule has 0 bridgehead atoms. The van der Waals surface area contributed by atoms with E-state index in [1.807, 2.05) is 30.3 Å². The van der Waals surface area contributed by atoms with Crippen molar-refractivity contribution in [1.82, 2.24) is 0 Å². The molecule has 3 aromatic rings. The molecule has 0 aliphatic rings. The van der Waals surface area contributed by atoms with E-state index in [1.165, 1.54) is 7.11 Å². The quantitative estimate of drug-likeness (QED) is 0.526. The van der Waals surface area contributed by atoms with Crippen LogP contribution >= 0.6 is 0 Å². The number of methoxy groups -OCH3 is 1. The molecule has 0 aliphatic carbocycles. The smallest absolute Gasteiger partial charge is 0.343 e. The van der Waals surface area contributed by atoms with Crippen LogP contribution < -0.4 is 4.74 Å². The van der Waals surface area contributed by atoms with Crippen molar-refractivity contribution >= 4 is 11.9 Å². The molecule has 0 heterocycles. The maximum absolute atomic E-state index is 12.0. The summed E-state index contributed by atoms with van der Waals surface area (Å²) in [4.78, 5) is 23.5. The van der Waals surface area contributed by atoms with E-state index in [0.29, 0.717) is 16.9 Å². The Morgan fingerprint density at radius 3 is 1.72 bits per heavy atom. The standard InChI is InChI=1S/C21H16O4/c1-24-20(22)18-9-7-15(8-10-18)16-11-13-19(14-12-16)25-21(23)17-5-3-2-4-6-17/h2-14H,1H3. The normalized spacial score (nSPS) is 10.1. The fraction of sp³-hybridized carbons (Fsp3) is 0.0476. The Balaban J connectivity index is 1.72. The predicted octanol–water partition coefficient (Wildman–Crippen LogP) is 4.36. The number of hydrogen-bond donors (Lipinski definition) is 0. The van der Waals surface area contributed by atoms with E-state index >= 15 is 0 Å². The van der Waals surface area contributed by atoms with E-state index in [0.717, 1.165) is 11.1 Å². The number of hydrogen-bond acceptors (Lipinski definition) is 4. The molecule has 3 aromatic carbocycles. The summed E-state index contributed by atoms with van der Waals surface area (Å²) in [5.74, 6) is -0.283. The Kier molecular flexibility index (Phi) is 4.90. The van der Waals surface area contributed by atoms with Gasteiger partial charge in [0.25, 0.3) is 0 Å². The monoisotopic (exact) mass is 332 g/mol. The summed E-state index contributed by atoms with van der Waals surface area (Å²) >= 11 is 0. The van der Waals surface area contributed by atoms with Crippen molar-refractivity contribution in [2.24, 2.45) is 0 Å². The highest BCUT2D eigenvalue weighted by atomic mass is 16.5. The van der Waals surface area contributed by atoms with Gasteiger partial charge in [-0.3, -0.25) is 0 Å². The lowest BCUT2D eigenvalue weighted by molar-refractivity contribution is 0.0600. The van der Waals surface area contributed by atoms with Crippen LogP contribution in [0.1, 0.15) is 20.7 Å². The number of carbonyl (C=O) groups is 2. The number of benzene rings is 3. The third kappa shape index (κ3) is 3.93. The van der Waals surface area contributed by atoms with Gasteiger partial charge in [-0.2, -0.15) is 0 Å². The zero-order chi connectivity index (χ0) is 17.6. The molecule has 0 aromatic heterocycles. The Morgan fingerprint density at radius 1 is 0.640 bits per heavy atom. The van der Waals surface area contributed by atoms with Crippen LogP contribution in [0.25, 0.3) is 11.1 Å². The summed E-state index contributed by atoms with van der Waals surface area (Å²) in [6.45, 7) is 0. The van der Waals surface area contributed by atoms with Gasteiger partial charge in [-0.15, -0.1) is 0 Å². The van der Waals surface area contributed by atoms with Crippen molar-refractivity contribution in [1.29, 1.82) is 0 Å². The third-order valence-corrected chi connectivity index (χ3v) is 3.71. The van der Waals surface area contributed by atoms with E-state index in [2.05, 4.69) is 4.74 Å². The third-order valence-electron chi connectivity index (χ3n) is 3.71. The van der Waals surface area contributed by atoms with Gasteiger partial charge in [-0.25, -0.2) is 9.59 Å². The maximum Gasteiger partial charge on any atom is 0.343 e. The van der Waals surface area contributed by atoms with E-state index in [4.69, 9.17) is 4.74 Å². The molecule has 0 unspecified atom stereocenters. The minimum Gasteiger partial charge on any atom is -0.465 e. The second-order valence-electron chi connectivity index (χ2n) is 5.35. The molecular weight excluding hydrogens is 316 g/mol. The van der Waals surface area contributed by atoms with Crippen molar-refractivity contribution in [2.75, 3.05) is 7.11 Å². The molecule has 0 amide bonds. The lowest BCUT2D eigenvalue weighted by Gasteiger charge is -2.07. The molecule has 0 radical (unpaired) electrons. The number of carbonyl (C=O) groups excluding carboxylic acids is 2. The zero-order valence-corrected chi connectivity index (χ0v) is 13.6. The van der Waals surface area contributed by atoms with Crippen molar-refractivity contribution in [3.8, 4) is 16.9 Å². The minimum atomic E-state index is -0.393. The molecule has 0 aliphatic heterocycles. The van der Waals surface area contributed by atoms with E-state index in [1.54, 1.807) is 48.5 Å². The molecule has 0 spiro atoms. The molecule has 0 atom stereocenters. The van der Waals surface area contributed by atoms with Crippen LogP contribution in [0.3, 0.4) is 0 Å². The van der Waals surface area contributed by atoms with E-state index in [9.17, 15) is 9.59 Å². The Bertz CT molecular complexity index is 866. The highest BCUT2D eigenvalue weighted by Crippen LogP contribution is 2.23. The van der Waals surface area contributed by atoms with Gasteiger partial charge < -0.3 is 9.47 Å². The van der Waals surface area contributed by atoms with Crippen LogP contribution in [0, 0.1) is 0 Å². The summed E-state index contributed by atoms with van der Waals surface area (Å²) in [5.41, 5.74) is 2.91. The molecule has 0 N–H and O–H groups in total. The SMILES string of the molecule is COC(=O)c1ccc(-c2ccc(OC(=O)c3ccccc3)cc2)cc1. The average molecular weight is 332 g/mol. The molecule has 25 heavy (non-hydrogen) atoms. The number of rotatable bonds is 4. The molecule has 4 nitrogen and oxygen atoms in total. The highest BCUT2D eigenvalue weighted by molar-refractivity contribution is 5.91. The van der Waals surface area contributed by atoms with E-state index < -0.39 is 5.97 Å². The first kappa shape index (κ1) is 16.5. The summed E-state index contributed by atoms with van der Waals surface area (Å²) in [6.07, 6.45) is 0. The van der Waals surface area contributed by atoms with Crippen LogP contribution in [0.4, 0.5) is 0 Å². The zero-order valence-electron chi connectivity index (χ0n) is 13.6. The van der Waals surface area contributed by atoms with Gasteiger partial charge in [0.1, 0.15) is 5.75 Å². The van der Waals surface area contributed by atoms with Gasteiger partial charge in [0.05, 0.1) is 18.2 Å². The molecule has 3 rings (SSSR count). The average Bonchev–Trinajstić information content (AvgIpc) is 2.69. The summed E-state index contributed by atoms with van der Waals surface area (Å²) in [5, 5.41) is 0. The van der Waals surface area contributed by atoms with Gasteiger partial charge in [0.2, 0.25) is 0 Å². The van der Waals surface area contributed by atoms with Crippen LogP contribution in [0.5, 0.6) is 5.75 Å². The van der Waals surface area contributed by atoms with Crippen LogP contribution in [-0.4, -0.2) is 19.0 Å². The molecule has 0 saturated carbocycles. The predicted molar refractivity (Wildman–Crippen MR) is 94.6 cm³/mol. The summed E-state index contributed by atoms with van der Waals surface area (Å²) in [6, 6.07) is 23.2. The van der Waals surface area contributed by atoms with Gasteiger partial charge in [-0.1, -0.05) is 42.5 Å². The lowest BCUT2D eigenvalue weighted by Crippen LogP contribution is -2.07. The topological polar surface area (TPSA) is 52.6 Å². The highest BCUT2D eigenvalue weighted by Gasteiger charge is 2.08. The van der Waals surface area contributed by atoms with Gasteiger partial charge in [0.15, 0.2) is 0 Å². The van der Waals surface area contributed by atoms with Gasteiger partial charge in [0, 0.05) is 0 Å². The Labute approximate surface area is 145 Å². The van der Waals surface area contributed by atoms with Crippen LogP contribution in [0.2, 0.25) is 0 Å². The molecule has 124 valence electrons. The van der Waals surface area contributed by atoms with Gasteiger partial charge >= 0.3 is 11.9 Å². The van der Waals surface area contributed by atoms with Crippen molar-refractivity contribution in [2.45, 2.75) is 0 Å². The van der Waals surface area contributed by atoms with Crippen LogP contribution in [0.15, 0.2) is 78.9 Å². The fourth-order valence-corrected chi connectivity index (χ4v) is 2.37. The number of esters is 2. The lowest BCUT2D eigenvalue weighted by atomic mass is 10.0. The first-order chi connectivity index (χ1) is 12.2. The molecule has 0 saturated heterocycles. The molecular formula is C21H16O4. The van der Waals surface area contributed by atoms with Crippen molar-refractivity contribution < 1.29 is 19.1 Å². The minimum absolute atomic E-state index is 0.366. The van der Waals surface area contributed by atoms with E-state index in [-0.39, 0.29) is 5.97 Å². The maximum atomic E-state index is 12.0. The van der Waals surface area contributed by atoms with Gasteiger partial charge in [-0.05, 0) is 47.5 Å². The summed E-state index contributed by atoms with van der Waals surface area (Å²) < 4.78 is 10.0. The fourth-order valence-electron chi connectivity index (χ4n) is 2.37. The first-order valence-electron chi connectivity index (χ1n) is 7.73. The number of ether oxygens (including phenoxy) is 2.